The van der Waals surface area contributed by atoms with Crippen molar-refractivity contribution in [2.24, 2.45) is 0 Å². The first-order chi connectivity index (χ1) is 17.6. The SMILES string of the molecule is CNC(=O)c1cc(Oc2ccc(NC(=O)Nc3cc(C(F)(F)F)ccc3-n3cccn3)cc2)cc[n+]1O. The maximum absolute atomic E-state index is 13.2. The molecule has 13 heteroatoms. The number of nitrogens with zero attached hydrogens (tertiary/aromatic N) is 3. The first-order valence-corrected chi connectivity index (χ1v) is 10.7. The van der Waals surface area contributed by atoms with Gasteiger partial charge < -0.3 is 20.7 Å². The lowest BCUT2D eigenvalue weighted by Crippen LogP contribution is -2.40. The number of amides is 3. The lowest BCUT2D eigenvalue weighted by molar-refractivity contribution is -0.905. The number of rotatable bonds is 6. The molecular formula is C24H20F3N6O4+. The van der Waals surface area contributed by atoms with Crippen molar-refractivity contribution in [3.8, 4) is 17.2 Å². The third-order valence-corrected chi connectivity index (χ3v) is 5.04. The van der Waals surface area contributed by atoms with Crippen molar-refractivity contribution in [3.63, 3.8) is 0 Å². The van der Waals surface area contributed by atoms with Gasteiger partial charge in [-0.15, -0.1) is 0 Å². The third kappa shape index (κ3) is 5.96. The highest BCUT2D eigenvalue weighted by atomic mass is 19.4. The molecule has 0 spiro atoms. The Morgan fingerprint density at radius 3 is 2.43 bits per heavy atom. The molecule has 37 heavy (non-hydrogen) atoms. The Kier molecular flexibility index (Phi) is 6.95. The highest BCUT2D eigenvalue weighted by Gasteiger charge is 2.31. The van der Waals surface area contributed by atoms with Crippen LogP contribution < -0.4 is 25.4 Å². The quantitative estimate of drug-likeness (QED) is 0.227. The lowest BCUT2D eigenvalue weighted by Gasteiger charge is -2.15. The number of hydrogen-bond donors (Lipinski definition) is 4. The average Bonchev–Trinajstić information content (AvgIpc) is 3.40. The molecule has 4 aromatic rings. The second-order valence-electron chi connectivity index (χ2n) is 7.56. The van der Waals surface area contributed by atoms with Gasteiger partial charge >= 0.3 is 23.8 Å². The minimum atomic E-state index is -4.59. The Morgan fingerprint density at radius 1 is 1.03 bits per heavy atom. The van der Waals surface area contributed by atoms with Crippen LogP contribution in [0.4, 0.5) is 29.3 Å². The smallest absolute Gasteiger partial charge is 0.416 e. The van der Waals surface area contributed by atoms with Gasteiger partial charge in [-0.05, 0) is 48.5 Å². The van der Waals surface area contributed by atoms with E-state index in [2.05, 4.69) is 21.0 Å². The number of hydrogen-bond acceptors (Lipinski definition) is 5. The van der Waals surface area contributed by atoms with Crippen LogP contribution in [-0.2, 0) is 6.18 Å². The minimum Gasteiger partial charge on any atom is -0.457 e. The molecule has 0 saturated heterocycles. The summed E-state index contributed by atoms with van der Waals surface area (Å²) < 4.78 is 47.3. The number of aromatic nitrogens is 3. The Labute approximate surface area is 207 Å². The van der Waals surface area contributed by atoms with E-state index >= 15 is 0 Å². The highest BCUT2D eigenvalue weighted by Crippen LogP contribution is 2.33. The fourth-order valence-electron chi connectivity index (χ4n) is 3.29. The molecule has 2 aromatic carbocycles. The number of carbonyl (C=O) groups is 2. The summed E-state index contributed by atoms with van der Waals surface area (Å²) in [6, 6.07) is 12.7. The summed E-state index contributed by atoms with van der Waals surface area (Å²) in [5.74, 6) is 0.122. The maximum atomic E-state index is 13.2. The summed E-state index contributed by atoms with van der Waals surface area (Å²) in [6.07, 6.45) is -0.357. The van der Waals surface area contributed by atoms with E-state index in [0.29, 0.717) is 16.2 Å². The molecule has 2 heterocycles. The molecule has 0 atom stereocenters. The van der Waals surface area contributed by atoms with E-state index in [1.54, 1.807) is 6.07 Å². The molecule has 190 valence electrons. The van der Waals surface area contributed by atoms with E-state index < -0.39 is 23.7 Å². The monoisotopic (exact) mass is 513 g/mol. The highest BCUT2D eigenvalue weighted by molar-refractivity contribution is 6.01. The van der Waals surface area contributed by atoms with Crippen LogP contribution in [0.3, 0.4) is 0 Å². The average molecular weight is 513 g/mol. The van der Waals surface area contributed by atoms with Gasteiger partial charge in [-0.3, -0.25) is 10.0 Å². The summed E-state index contributed by atoms with van der Waals surface area (Å²) in [6.45, 7) is 0. The van der Waals surface area contributed by atoms with Gasteiger partial charge in [0.1, 0.15) is 11.5 Å². The van der Waals surface area contributed by atoms with Crippen molar-refractivity contribution in [2.75, 3.05) is 17.7 Å². The van der Waals surface area contributed by atoms with Crippen LogP contribution in [-0.4, -0.2) is 34.0 Å². The minimum absolute atomic E-state index is 0.0426. The molecule has 0 aliphatic rings. The van der Waals surface area contributed by atoms with E-state index in [9.17, 15) is 28.0 Å². The molecule has 10 nitrogen and oxygen atoms in total. The molecule has 0 unspecified atom stereocenters. The van der Waals surface area contributed by atoms with Gasteiger partial charge in [0.2, 0.25) is 6.20 Å². The van der Waals surface area contributed by atoms with Gasteiger partial charge in [0.05, 0.1) is 23.0 Å². The largest absolute Gasteiger partial charge is 0.457 e. The van der Waals surface area contributed by atoms with Crippen molar-refractivity contribution in [3.05, 3.63) is 90.5 Å². The Bertz CT molecular complexity index is 1420. The zero-order valence-electron chi connectivity index (χ0n) is 19.2. The number of nitrogens with one attached hydrogen (secondary N) is 3. The molecule has 0 aliphatic carbocycles. The van der Waals surface area contributed by atoms with Crippen molar-refractivity contribution in [2.45, 2.75) is 6.18 Å². The summed E-state index contributed by atoms with van der Waals surface area (Å²) in [4.78, 5) is 24.4. The Balaban J connectivity index is 1.47. The first-order valence-electron chi connectivity index (χ1n) is 10.7. The van der Waals surface area contributed by atoms with Crippen LogP contribution in [0.1, 0.15) is 16.1 Å². The number of ether oxygens (including phenoxy) is 1. The molecule has 4 N–H and O–H groups in total. The van der Waals surface area contributed by atoms with Gasteiger partial charge in [-0.2, -0.15) is 18.3 Å². The Morgan fingerprint density at radius 2 is 1.78 bits per heavy atom. The summed E-state index contributed by atoms with van der Waals surface area (Å²) >= 11 is 0. The topological polar surface area (TPSA) is 121 Å². The number of urea groups is 1. The fraction of sp³-hybridized carbons (Fsp3) is 0.0833. The van der Waals surface area contributed by atoms with Crippen molar-refractivity contribution in [1.29, 1.82) is 0 Å². The number of benzene rings is 2. The number of anilines is 2. The van der Waals surface area contributed by atoms with E-state index in [-0.39, 0.29) is 22.8 Å². The van der Waals surface area contributed by atoms with Crippen LogP contribution in [0, 0.1) is 0 Å². The molecule has 0 bridgehead atoms. The number of halogens is 3. The zero-order chi connectivity index (χ0) is 26.6. The van der Waals surface area contributed by atoms with E-state index in [1.807, 2.05) is 0 Å². The van der Waals surface area contributed by atoms with Gasteiger partial charge in [-0.25, -0.2) is 9.48 Å². The van der Waals surface area contributed by atoms with Gasteiger partial charge in [-0.1, -0.05) is 0 Å². The van der Waals surface area contributed by atoms with Crippen LogP contribution in [0.5, 0.6) is 11.5 Å². The van der Waals surface area contributed by atoms with Crippen LogP contribution in [0.2, 0.25) is 0 Å². The van der Waals surface area contributed by atoms with Gasteiger partial charge in [0, 0.05) is 35.9 Å². The Hall–Kier alpha value is -5.07. The standard InChI is InChI=1S/C24H19F3N6O4/c1-28-22(34)21-14-18(9-12-33(21)36)37-17-6-4-16(5-7-17)30-23(35)31-19-13-15(24(25,26)27)3-8-20(19)32-11-2-10-29-32/h2-14H,1H3,(H3-,28,30,31,34,35,36)/p+1. The predicted molar refractivity (Wildman–Crippen MR) is 125 cm³/mol. The van der Waals surface area contributed by atoms with Crippen molar-refractivity contribution < 1.29 is 37.4 Å². The van der Waals surface area contributed by atoms with Crippen molar-refractivity contribution >= 4 is 23.3 Å². The second kappa shape index (κ2) is 10.3. The molecule has 0 fully saturated rings. The normalized spacial score (nSPS) is 11.0. The summed E-state index contributed by atoms with van der Waals surface area (Å²) in [7, 11) is 1.42. The van der Waals surface area contributed by atoms with Crippen LogP contribution in [0.25, 0.3) is 5.69 Å². The summed E-state index contributed by atoms with van der Waals surface area (Å²) in [5.41, 5.74) is -0.468. The van der Waals surface area contributed by atoms with Gasteiger partial charge in [0.25, 0.3) is 0 Å². The zero-order valence-corrected chi connectivity index (χ0v) is 19.2. The van der Waals surface area contributed by atoms with Crippen molar-refractivity contribution in [1.82, 2.24) is 15.1 Å². The van der Waals surface area contributed by atoms with E-state index in [1.165, 1.54) is 72.8 Å². The maximum Gasteiger partial charge on any atom is 0.416 e. The molecule has 0 saturated carbocycles. The van der Waals surface area contributed by atoms with Crippen LogP contribution >= 0.6 is 0 Å². The fourth-order valence-corrected chi connectivity index (χ4v) is 3.29. The number of alkyl halides is 3. The third-order valence-electron chi connectivity index (χ3n) is 5.04. The second-order valence-corrected chi connectivity index (χ2v) is 7.56. The number of carbonyl (C=O) groups excluding carboxylic acids is 2. The first kappa shape index (κ1) is 25.0. The molecule has 0 radical (unpaired) electrons. The molecule has 3 amide bonds. The molecular weight excluding hydrogens is 493 g/mol. The van der Waals surface area contributed by atoms with E-state index in [0.717, 1.165) is 12.1 Å². The van der Waals surface area contributed by atoms with Crippen LogP contribution in [0.15, 0.2) is 79.3 Å². The lowest BCUT2D eigenvalue weighted by atomic mass is 10.1. The number of pyridine rings is 1. The van der Waals surface area contributed by atoms with E-state index in [4.69, 9.17) is 4.74 Å². The molecule has 0 aliphatic heterocycles. The summed E-state index contributed by atoms with van der Waals surface area (Å²) in [5, 5.41) is 21.1. The molecule has 2 aromatic heterocycles. The molecule has 4 rings (SSSR count). The predicted octanol–water partition coefficient (Wildman–Crippen LogP) is 4.21. The van der Waals surface area contributed by atoms with Gasteiger partial charge in [0.15, 0.2) is 0 Å².